The van der Waals surface area contributed by atoms with Crippen LogP contribution in [0.5, 0.6) is 0 Å². The molecular weight excluding hydrogens is 424 g/mol. The van der Waals surface area contributed by atoms with E-state index in [4.69, 9.17) is 4.98 Å². The maximum atomic E-state index is 13.7. The normalized spacial score (nSPS) is 11.9. The molecule has 2 amide bonds. The summed E-state index contributed by atoms with van der Waals surface area (Å²) in [6.45, 7) is 8.01. The van der Waals surface area contributed by atoms with Crippen molar-refractivity contribution in [2.45, 2.75) is 40.2 Å². The van der Waals surface area contributed by atoms with Crippen LogP contribution in [0.1, 0.15) is 41.9 Å². The number of nitrogens with one attached hydrogen (secondary N) is 1. The molecule has 3 aromatic carbocycles. The van der Waals surface area contributed by atoms with Crippen molar-refractivity contribution in [3.05, 3.63) is 99.6 Å². The van der Waals surface area contributed by atoms with Crippen molar-refractivity contribution in [3.8, 4) is 5.69 Å². The molecule has 4 rings (SSSR count). The van der Waals surface area contributed by atoms with E-state index in [1.54, 1.807) is 22.6 Å². The van der Waals surface area contributed by atoms with Crippen LogP contribution in [-0.4, -0.2) is 27.5 Å². The third kappa shape index (κ3) is 4.31. The van der Waals surface area contributed by atoms with Crippen molar-refractivity contribution in [1.82, 2.24) is 14.5 Å². The summed E-state index contributed by atoms with van der Waals surface area (Å²) in [7, 11) is 1.74. The van der Waals surface area contributed by atoms with Crippen molar-refractivity contribution in [1.29, 1.82) is 0 Å². The van der Waals surface area contributed by atoms with Gasteiger partial charge in [0.2, 0.25) is 0 Å². The lowest BCUT2D eigenvalue weighted by Crippen LogP contribution is -2.38. The van der Waals surface area contributed by atoms with E-state index in [1.807, 2.05) is 88.4 Å². The van der Waals surface area contributed by atoms with Crippen molar-refractivity contribution in [2.75, 3.05) is 12.4 Å². The number of carbonyl (C=O) groups excluding carboxylic acids is 1. The molecule has 0 bridgehead atoms. The van der Waals surface area contributed by atoms with Crippen LogP contribution in [-0.2, 0) is 0 Å². The number of hydrogen-bond donors (Lipinski definition) is 1. The molecule has 0 aliphatic rings. The van der Waals surface area contributed by atoms with Gasteiger partial charge in [-0.25, -0.2) is 9.78 Å². The summed E-state index contributed by atoms with van der Waals surface area (Å²) in [5.74, 6) is 0.539. The van der Waals surface area contributed by atoms with Gasteiger partial charge in [-0.3, -0.25) is 9.36 Å². The molecule has 0 spiro atoms. The van der Waals surface area contributed by atoms with E-state index in [1.165, 1.54) is 0 Å². The fourth-order valence-electron chi connectivity index (χ4n) is 4.18. The molecule has 0 saturated heterocycles. The van der Waals surface area contributed by atoms with Gasteiger partial charge in [-0.2, -0.15) is 0 Å². The highest BCUT2D eigenvalue weighted by atomic mass is 16.2. The molecule has 6 nitrogen and oxygen atoms in total. The first-order chi connectivity index (χ1) is 16.3. The third-order valence-corrected chi connectivity index (χ3v) is 6.41. The number of anilines is 1. The van der Waals surface area contributed by atoms with Crippen LogP contribution in [0, 0.1) is 20.8 Å². The number of nitrogens with zero attached hydrogens (tertiary/aromatic N) is 3. The number of para-hydroxylation sites is 2. The summed E-state index contributed by atoms with van der Waals surface area (Å²) >= 11 is 0. The SMILES string of the molecule is CCC(c1nc2ccccc2c(=O)n1-c1ccc(C)c(C)c1)N(C)C(=O)Nc1ccccc1C. The number of hydrogen-bond acceptors (Lipinski definition) is 3. The second kappa shape index (κ2) is 9.51. The van der Waals surface area contributed by atoms with E-state index in [0.29, 0.717) is 23.1 Å². The molecule has 1 N–H and O–H groups in total. The molecule has 0 saturated carbocycles. The van der Waals surface area contributed by atoms with Gasteiger partial charge in [0, 0.05) is 12.7 Å². The topological polar surface area (TPSA) is 67.2 Å². The Morgan fingerprint density at radius 2 is 1.68 bits per heavy atom. The molecule has 174 valence electrons. The largest absolute Gasteiger partial charge is 0.322 e. The standard InChI is InChI=1S/C28H30N4O2/c1-6-25(31(5)28(34)30-23-13-9-7-11-19(23)3)26-29-24-14-10-8-12-22(24)27(33)32(26)21-16-15-18(2)20(4)17-21/h7-17,25H,6H2,1-5H3,(H,30,34). The Morgan fingerprint density at radius 3 is 2.38 bits per heavy atom. The van der Waals surface area contributed by atoms with Crippen LogP contribution >= 0.6 is 0 Å². The van der Waals surface area contributed by atoms with Crippen molar-refractivity contribution in [3.63, 3.8) is 0 Å². The first kappa shape index (κ1) is 23.2. The molecule has 0 aliphatic carbocycles. The van der Waals surface area contributed by atoms with Gasteiger partial charge in [-0.1, -0.05) is 43.3 Å². The van der Waals surface area contributed by atoms with Crippen LogP contribution < -0.4 is 10.9 Å². The quantitative estimate of drug-likeness (QED) is 0.407. The van der Waals surface area contributed by atoms with Gasteiger partial charge in [0.25, 0.3) is 5.56 Å². The second-order valence-corrected chi connectivity index (χ2v) is 8.68. The zero-order chi connectivity index (χ0) is 24.4. The third-order valence-electron chi connectivity index (χ3n) is 6.41. The predicted molar refractivity (Wildman–Crippen MR) is 138 cm³/mol. The number of fused-ring (bicyclic) bond motifs is 1. The van der Waals surface area contributed by atoms with Crippen molar-refractivity contribution < 1.29 is 4.79 Å². The van der Waals surface area contributed by atoms with Crippen LogP contribution in [0.4, 0.5) is 10.5 Å². The number of amides is 2. The summed E-state index contributed by atoms with van der Waals surface area (Å²) in [4.78, 5) is 33.5. The van der Waals surface area contributed by atoms with E-state index in [2.05, 4.69) is 5.32 Å². The van der Waals surface area contributed by atoms with Gasteiger partial charge < -0.3 is 10.2 Å². The number of benzene rings is 3. The molecule has 4 aromatic rings. The first-order valence-electron chi connectivity index (χ1n) is 11.5. The monoisotopic (exact) mass is 454 g/mol. The highest BCUT2D eigenvalue weighted by Gasteiger charge is 2.27. The Bertz CT molecular complexity index is 1420. The Balaban J connectivity index is 1.85. The number of aryl methyl sites for hydroxylation is 3. The number of rotatable bonds is 5. The summed E-state index contributed by atoms with van der Waals surface area (Å²) in [6, 6.07) is 20.3. The molecule has 1 unspecified atom stereocenters. The van der Waals surface area contributed by atoms with Gasteiger partial charge in [-0.05, 0) is 74.2 Å². The second-order valence-electron chi connectivity index (χ2n) is 8.68. The van der Waals surface area contributed by atoms with Crippen molar-refractivity contribution in [2.24, 2.45) is 0 Å². The lowest BCUT2D eigenvalue weighted by Gasteiger charge is -2.29. The van der Waals surface area contributed by atoms with E-state index in [0.717, 1.165) is 28.1 Å². The van der Waals surface area contributed by atoms with Gasteiger partial charge in [0.1, 0.15) is 5.82 Å². The maximum absolute atomic E-state index is 13.7. The highest BCUT2D eigenvalue weighted by Crippen LogP contribution is 2.26. The average Bonchev–Trinajstić information content (AvgIpc) is 2.83. The Hall–Kier alpha value is -3.93. The molecule has 34 heavy (non-hydrogen) atoms. The minimum absolute atomic E-state index is 0.144. The summed E-state index contributed by atoms with van der Waals surface area (Å²) in [5.41, 5.74) is 5.19. The van der Waals surface area contributed by atoms with Gasteiger partial charge in [-0.15, -0.1) is 0 Å². The zero-order valence-corrected chi connectivity index (χ0v) is 20.3. The van der Waals surface area contributed by atoms with Gasteiger partial charge in [0.05, 0.1) is 22.6 Å². The highest BCUT2D eigenvalue weighted by molar-refractivity contribution is 5.90. The lowest BCUT2D eigenvalue weighted by molar-refractivity contribution is 0.199. The van der Waals surface area contributed by atoms with Crippen LogP contribution in [0.15, 0.2) is 71.5 Å². The molecule has 0 radical (unpaired) electrons. The molecule has 1 aromatic heterocycles. The van der Waals surface area contributed by atoms with Crippen LogP contribution in [0.3, 0.4) is 0 Å². The molecule has 1 atom stereocenters. The first-order valence-corrected chi connectivity index (χ1v) is 11.5. The van der Waals surface area contributed by atoms with E-state index in [-0.39, 0.29) is 11.6 Å². The maximum Gasteiger partial charge on any atom is 0.322 e. The molecule has 1 heterocycles. The zero-order valence-electron chi connectivity index (χ0n) is 20.3. The average molecular weight is 455 g/mol. The van der Waals surface area contributed by atoms with Crippen LogP contribution in [0.2, 0.25) is 0 Å². The fraction of sp³-hybridized carbons (Fsp3) is 0.250. The van der Waals surface area contributed by atoms with Gasteiger partial charge in [0.15, 0.2) is 0 Å². The molecule has 0 aliphatic heterocycles. The van der Waals surface area contributed by atoms with E-state index < -0.39 is 6.04 Å². The molecular formula is C28H30N4O2. The number of urea groups is 1. The molecule has 6 heteroatoms. The number of aromatic nitrogens is 2. The minimum Gasteiger partial charge on any atom is -0.317 e. The van der Waals surface area contributed by atoms with Gasteiger partial charge >= 0.3 is 6.03 Å². The predicted octanol–water partition coefficient (Wildman–Crippen LogP) is 5.93. The minimum atomic E-state index is -0.414. The lowest BCUT2D eigenvalue weighted by atomic mass is 10.1. The van der Waals surface area contributed by atoms with E-state index >= 15 is 0 Å². The fourth-order valence-corrected chi connectivity index (χ4v) is 4.18. The van der Waals surface area contributed by atoms with Crippen molar-refractivity contribution >= 4 is 22.6 Å². The Labute approximate surface area is 199 Å². The summed E-state index contributed by atoms with van der Waals surface area (Å²) < 4.78 is 1.65. The van der Waals surface area contributed by atoms with Crippen LogP contribution in [0.25, 0.3) is 16.6 Å². The summed E-state index contributed by atoms with van der Waals surface area (Å²) in [6.07, 6.45) is 0.591. The summed E-state index contributed by atoms with van der Waals surface area (Å²) in [5, 5.41) is 3.54. The number of carbonyl (C=O) groups is 1. The van der Waals surface area contributed by atoms with E-state index in [9.17, 15) is 9.59 Å². The molecule has 0 fully saturated rings. The smallest absolute Gasteiger partial charge is 0.317 e. The Kier molecular flexibility index (Phi) is 6.50. The Morgan fingerprint density at radius 1 is 0.971 bits per heavy atom.